The quantitative estimate of drug-likeness (QED) is 0.924. The molecule has 0 aliphatic carbocycles. The Kier molecular flexibility index (Phi) is 3.48. The number of rotatable bonds is 2. The van der Waals surface area contributed by atoms with Crippen LogP contribution in [0.3, 0.4) is 0 Å². The molecule has 1 N–H and O–H groups in total. The largest absolute Gasteiger partial charge is 0.485 e. The molecular weight excluding hydrogens is 273 g/mol. The van der Waals surface area contributed by atoms with Crippen molar-refractivity contribution in [2.24, 2.45) is 0 Å². The number of aryl methyl sites for hydroxylation is 1. The Morgan fingerprint density at radius 2 is 2.00 bits per heavy atom. The second kappa shape index (κ2) is 5.44. The zero-order chi connectivity index (χ0) is 14.8. The topological polar surface area (TPSA) is 47.6 Å². The summed E-state index contributed by atoms with van der Waals surface area (Å²) in [5.74, 6) is 0.509. The summed E-state index contributed by atoms with van der Waals surface area (Å²) in [7, 11) is 0. The minimum atomic E-state index is -0.732. The minimum absolute atomic E-state index is 0.142. The van der Waals surface area contributed by atoms with Crippen LogP contribution in [0.25, 0.3) is 0 Å². The Labute approximate surface area is 121 Å². The van der Waals surface area contributed by atoms with Crippen LogP contribution in [-0.4, -0.2) is 18.6 Å². The van der Waals surface area contributed by atoms with E-state index in [0.29, 0.717) is 22.7 Å². The molecule has 0 aromatic heterocycles. The second-order valence-corrected chi connectivity index (χ2v) is 4.81. The first-order valence-electron chi connectivity index (χ1n) is 6.59. The van der Waals surface area contributed by atoms with E-state index in [-0.39, 0.29) is 18.3 Å². The number of hydrogen-bond donors (Lipinski definition) is 1. The number of amides is 1. The third kappa shape index (κ3) is 2.81. The highest BCUT2D eigenvalue weighted by molar-refractivity contribution is 5.95. The fourth-order valence-electron chi connectivity index (χ4n) is 2.13. The average molecular weight is 287 g/mol. The Morgan fingerprint density at radius 1 is 1.24 bits per heavy atom. The van der Waals surface area contributed by atoms with Crippen molar-refractivity contribution < 1.29 is 18.7 Å². The molecule has 0 saturated heterocycles. The summed E-state index contributed by atoms with van der Waals surface area (Å²) >= 11 is 0. The van der Waals surface area contributed by atoms with Crippen LogP contribution in [0.15, 0.2) is 42.5 Å². The van der Waals surface area contributed by atoms with Gasteiger partial charge in [0.15, 0.2) is 11.5 Å². The van der Waals surface area contributed by atoms with E-state index in [1.807, 2.05) is 12.1 Å². The minimum Gasteiger partial charge on any atom is -0.485 e. The smallest absolute Gasteiger partial charge is 0.269 e. The maximum Gasteiger partial charge on any atom is 0.269 e. The molecular formula is C16H14FNO3. The highest BCUT2D eigenvalue weighted by atomic mass is 19.1. The average Bonchev–Trinajstić information content (AvgIpc) is 2.49. The number of nitrogens with one attached hydrogen (secondary N) is 1. The third-order valence-electron chi connectivity index (χ3n) is 3.25. The predicted octanol–water partition coefficient (Wildman–Crippen LogP) is 2.91. The van der Waals surface area contributed by atoms with Gasteiger partial charge in [0, 0.05) is 5.69 Å². The molecule has 2 aromatic rings. The van der Waals surface area contributed by atoms with Gasteiger partial charge in [-0.05, 0) is 42.8 Å². The Balaban J connectivity index is 1.72. The summed E-state index contributed by atoms with van der Waals surface area (Å²) in [6.07, 6.45) is -0.732. The predicted molar refractivity (Wildman–Crippen MR) is 76.1 cm³/mol. The zero-order valence-corrected chi connectivity index (χ0v) is 11.4. The van der Waals surface area contributed by atoms with Gasteiger partial charge in [-0.15, -0.1) is 0 Å². The molecule has 1 heterocycles. The van der Waals surface area contributed by atoms with Crippen molar-refractivity contribution >= 4 is 11.6 Å². The van der Waals surface area contributed by atoms with Crippen molar-refractivity contribution in [3.05, 3.63) is 53.8 Å². The van der Waals surface area contributed by atoms with E-state index >= 15 is 0 Å². The first-order chi connectivity index (χ1) is 10.1. The molecule has 5 heteroatoms. The van der Waals surface area contributed by atoms with E-state index in [1.54, 1.807) is 19.1 Å². The molecule has 4 nitrogen and oxygen atoms in total. The number of fused-ring (bicyclic) bond motifs is 1. The summed E-state index contributed by atoms with van der Waals surface area (Å²) in [5, 5.41) is 2.73. The van der Waals surface area contributed by atoms with E-state index in [0.717, 1.165) is 0 Å². The summed E-state index contributed by atoms with van der Waals surface area (Å²) in [6.45, 7) is 1.87. The lowest BCUT2D eigenvalue weighted by atomic mass is 10.2. The Bertz CT molecular complexity index is 687. The van der Waals surface area contributed by atoms with Crippen LogP contribution in [0.4, 0.5) is 10.1 Å². The fraction of sp³-hybridized carbons (Fsp3) is 0.188. The van der Waals surface area contributed by atoms with Crippen LogP contribution in [0, 0.1) is 12.7 Å². The van der Waals surface area contributed by atoms with E-state index in [2.05, 4.69) is 5.32 Å². The lowest BCUT2D eigenvalue weighted by molar-refractivity contribution is -0.125. The molecule has 0 spiro atoms. The van der Waals surface area contributed by atoms with Gasteiger partial charge in [-0.25, -0.2) is 4.39 Å². The van der Waals surface area contributed by atoms with Crippen molar-refractivity contribution in [1.29, 1.82) is 0 Å². The normalized spacial score (nSPS) is 16.4. The summed E-state index contributed by atoms with van der Waals surface area (Å²) in [5.41, 5.74) is 1.21. The highest BCUT2D eigenvalue weighted by Gasteiger charge is 2.27. The monoisotopic (exact) mass is 287 g/mol. The standard InChI is InChI=1S/C16H14FNO3/c1-10-8-11(17)6-7-12(10)18-16(19)15-9-20-13-4-2-3-5-14(13)21-15/h2-8,15H,9H2,1H3,(H,18,19)/t15-/m0/s1. The molecule has 0 radical (unpaired) electrons. The molecule has 0 bridgehead atoms. The van der Waals surface area contributed by atoms with Crippen molar-refractivity contribution in [3.63, 3.8) is 0 Å². The van der Waals surface area contributed by atoms with Gasteiger partial charge < -0.3 is 14.8 Å². The van der Waals surface area contributed by atoms with Crippen LogP contribution >= 0.6 is 0 Å². The van der Waals surface area contributed by atoms with Gasteiger partial charge in [0.2, 0.25) is 6.10 Å². The van der Waals surface area contributed by atoms with Crippen molar-refractivity contribution in [3.8, 4) is 11.5 Å². The molecule has 1 atom stereocenters. The summed E-state index contributed by atoms with van der Waals surface area (Å²) in [4.78, 5) is 12.2. The van der Waals surface area contributed by atoms with Gasteiger partial charge >= 0.3 is 0 Å². The van der Waals surface area contributed by atoms with Crippen LogP contribution in [-0.2, 0) is 4.79 Å². The number of carbonyl (C=O) groups excluding carboxylic acids is 1. The van der Waals surface area contributed by atoms with Crippen molar-refractivity contribution in [2.45, 2.75) is 13.0 Å². The Hall–Kier alpha value is -2.56. The van der Waals surface area contributed by atoms with E-state index < -0.39 is 6.10 Å². The van der Waals surface area contributed by atoms with Crippen LogP contribution in [0.5, 0.6) is 11.5 Å². The molecule has 0 fully saturated rings. The molecule has 3 rings (SSSR count). The maximum atomic E-state index is 13.0. The summed E-state index contributed by atoms with van der Waals surface area (Å²) < 4.78 is 24.2. The summed E-state index contributed by atoms with van der Waals surface area (Å²) in [6, 6.07) is 11.4. The van der Waals surface area contributed by atoms with Crippen LogP contribution in [0.2, 0.25) is 0 Å². The van der Waals surface area contributed by atoms with E-state index in [4.69, 9.17) is 9.47 Å². The second-order valence-electron chi connectivity index (χ2n) is 4.81. The van der Waals surface area contributed by atoms with Crippen molar-refractivity contribution in [2.75, 3.05) is 11.9 Å². The number of halogens is 1. The molecule has 0 unspecified atom stereocenters. The molecule has 1 aliphatic rings. The van der Waals surface area contributed by atoms with E-state index in [9.17, 15) is 9.18 Å². The van der Waals surface area contributed by atoms with Gasteiger partial charge in [-0.1, -0.05) is 12.1 Å². The Morgan fingerprint density at radius 3 is 2.76 bits per heavy atom. The molecule has 108 valence electrons. The lowest BCUT2D eigenvalue weighted by Crippen LogP contribution is -2.40. The van der Waals surface area contributed by atoms with Gasteiger partial charge in [-0.3, -0.25) is 4.79 Å². The number of ether oxygens (including phenoxy) is 2. The first-order valence-corrected chi connectivity index (χ1v) is 6.59. The molecule has 1 aliphatic heterocycles. The van der Waals surface area contributed by atoms with E-state index in [1.165, 1.54) is 18.2 Å². The van der Waals surface area contributed by atoms with Crippen LogP contribution < -0.4 is 14.8 Å². The zero-order valence-electron chi connectivity index (χ0n) is 11.4. The SMILES string of the molecule is Cc1cc(F)ccc1NC(=O)[C@@H]1COc2ccccc2O1. The number of benzene rings is 2. The van der Waals surface area contributed by atoms with Gasteiger partial charge in [0.1, 0.15) is 12.4 Å². The van der Waals surface area contributed by atoms with Gasteiger partial charge in [0.05, 0.1) is 0 Å². The maximum absolute atomic E-state index is 13.0. The molecule has 1 amide bonds. The fourth-order valence-corrected chi connectivity index (χ4v) is 2.13. The number of carbonyl (C=O) groups is 1. The third-order valence-corrected chi connectivity index (χ3v) is 3.25. The van der Waals surface area contributed by atoms with Gasteiger partial charge in [0.25, 0.3) is 5.91 Å². The van der Waals surface area contributed by atoms with Gasteiger partial charge in [-0.2, -0.15) is 0 Å². The van der Waals surface area contributed by atoms with Crippen molar-refractivity contribution in [1.82, 2.24) is 0 Å². The number of para-hydroxylation sites is 2. The molecule has 0 saturated carbocycles. The van der Waals surface area contributed by atoms with Crippen LogP contribution in [0.1, 0.15) is 5.56 Å². The first kappa shape index (κ1) is 13.4. The molecule has 21 heavy (non-hydrogen) atoms. The highest BCUT2D eigenvalue weighted by Crippen LogP contribution is 2.31. The lowest BCUT2D eigenvalue weighted by Gasteiger charge is -2.25. The molecule has 2 aromatic carbocycles. The number of hydrogen-bond acceptors (Lipinski definition) is 3. The number of anilines is 1.